The second-order valence-electron chi connectivity index (χ2n) is 5.86. The SMILES string of the molecule is CCNC(=NCCc1cccc(C(=O)N(C)C)c1)NC(C)CC. The van der Waals surface area contributed by atoms with E-state index in [1.807, 2.05) is 24.3 Å². The number of nitrogens with zero attached hydrogens (tertiary/aromatic N) is 2. The summed E-state index contributed by atoms with van der Waals surface area (Å²) < 4.78 is 0. The summed E-state index contributed by atoms with van der Waals surface area (Å²) in [6.07, 6.45) is 1.87. The molecular formula is C18H30N4O. The molecule has 1 aromatic rings. The van der Waals surface area contributed by atoms with Crippen molar-refractivity contribution in [3.05, 3.63) is 35.4 Å². The molecule has 0 spiro atoms. The van der Waals surface area contributed by atoms with Gasteiger partial charge in [-0.3, -0.25) is 9.79 Å². The van der Waals surface area contributed by atoms with Crippen molar-refractivity contribution in [2.75, 3.05) is 27.2 Å². The summed E-state index contributed by atoms with van der Waals surface area (Å²) in [6.45, 7) is 7.88. The van der Waals surface area contributed by atoms with Gasteiger partial charge >= 0.3 is 0 Å². The fraction of sp³-hybridized carbons (Fsp3) is 0.556. The molecule has 1 unspecified atom stereocenters. The van der Waals surface area contributed by atoms with E-state index in [4.69, 9.17) is 0 Å². The molecule has 23 heavy (non-hydrogen) atoms. The molecule has 0 aliphatic heterocycles. The summed E-state index contributed by atoms with van der Waals surface area (Å²) in [5.41, 5.74) is 1.85. The van der Waals surface area contributed by atoms with Crippen LogP contribution in [0.5, 0.6) is 0 Å². The van der Waals surface area contributed by atoms with Crippen LogP contribution in [0.25, 0.3) is 0 Å². The van der Waals surface area contributed by atoms with Gasteiger partial charge in [-0.25, -0.2) is 0 Å². The van der Waals surface area contributed by atoms with Crippen molar-refractivity contribution in [3.8, 4) is 0 Å². The summed E-state index contributed by atoms with van der Waals surface area (Å²) in [5, 5.41) is 6.63. The van der Waals surface area contributed by atoms with E-state index in [1.54, 1.807) is 19.0 Å². The van der Waals surface area contributed by atoms with Crippen LogP contribution in [0.15, 0.2) is 29.3 Å². The summed E-state index contributed by atoms with van der Waals surface area (Å²) in [4.78, 5) is 18.2. The highest BCUT2D eigenvalue weighted by Gasteiger charge is 2.08. The Labute approximate surface area is 140 Å². The second-order valence-corrected chi connectivity index (χ2v) is 5.86. The molecule has 5 nitrogen and oxygen atoms in total. The predicted octanol–water partition coefficient (Wildman–Crippen LogP) is 2.28. The molecule has 0 fully saturated rings. The number of aliphatic imine (C=N–C) groups is 1. The zero-order chi connectivity index (χ0) is 17.2. The third kappa shape index (κ3) is 6.72. The van der Waals surface area contributed by atoms with Gasteiger partial charge in [-0.1, -0.05) is 19.1 Å². The molecule has 0 aromatic heterocycles. The maximum Gasteiger partial charge on any atom is 0.253 e. The minimum Gasteiger partial charge on any atom is -0.357 e. The number of amides is 1. The molecule has 0 saturated carbocycles. The van der Waals surface area contributed by atoms with Crippen LogP contribution in [0, 0.1) is 0 Å². The quantitative estimate of drug-likeness (QED) is 0.599. The van der Waals surface area contributed by atoms with E-state index in [9.17, 15) is 4.79 Å². The predicted molar refractivity (Wildman–Crippen MR) is 97.0 cm³/mol. The Morgan fingerprint density at radius 2 is 2.04 bits per heavy atom. The molecule has 0 radical (unpaired) electrons. The Bertz CT molecular complexity index is 526. The van der Waals surface area contributed by atoms with Crippen molar-refractivity contribution in [3.63, 3.8) is 0 Å². The molecule has 0 bridgehead atoms. The van der Waals surface area contributed by atoms with Gasteiger partial charge in [-0.15, -0.1) is 0 Å². The lowest BCUT2D eigenvalue weighted by molar-refractivity contribution is 0.0827. The summed E-state index contributed by atoms with van der Waals surface area (Å²) in [5.74, 6) is 0.879. The number of nitrogens with one attached hydrogen (secondary N) is 2. The number of carbonyl (C=O) groups excluding carboxylic acids is 1. The Morgan fingerprint density at radius 3 is 2.65 bits per heavy atom. The van der Waals surface area contributed by atoms with Crippen molar-refractivity contribution in [1.29, 1.82) is 0 Å². The van der Waals surface area contributed by atoms with Gasteiger partial charge in [0.25, 0.3) is 5.91 Å². The maximum absolute atomic E-state index is 12.0. The van der Waals surface area contributed by atoms with E-state index in [0.29, 0.717) is 12.6 Å². The van der Waals surface area contributed by atoms with Crippen molar-refractivity contribution in [1.82, 2.24) is 15.5 Å². The highest BCUT2D eigenvalue weighted by Crippen LogP contribution is 2.08. The molecule has 5 heteroatoms. The fourth-order valence-corrected chi connectivity index (χ4v) is 2.07. The largest absolute Gasteiger partial charge is 0.357 e. The molecule has 128 valence electrons. The molecule has 0 aliphatic carbocycles. The maximum atomic E-state index is 12.0. The first-order valence-corrected chi connectivity index (χ1v) is 8.33. The number of benzene rings is 1. The van der Waals surface area contributed by atoms with Crippen molar-refractivity contribution in [2.24, 2.45) is 4.99 Å². The van der Waals surface area contributed by atoms with E-state index < -0.39 is 0 Å². The summed E-state index contributed by atoms with van der Waals surface area (Å²) in [6, 6.07) is 8.17. The van der Waals surface area contributed by atoms with Crippen molar-refractivity contribution in [2.45, 2.75) is 39.7 Å². The van der Waals surface area contributed by atoms with Crippen LogP contribution < -0.4 is 10.6 Å². The minimum atomic E-state index is 0.0297. The topological polar surface area (TPSA) is 56.7 Å². The van der Waals surface area contributed by atoms with Crippen LogP contribution in [-0.2, 0) is 6.42 Å². The van der Waals surface area contributed by atoms with Gasteiger partial charge in [0.2, 0.25) is 0 Å². The Hall–Kier alpha value is -2.04. The van der Waals surface area contributed by atoms with Gasteiger partial charge in [0.05, 0.1) is 0 Å². The van der Waals surface area contributed by atoms with Gasteiger partial charge in [0.1, 0.15) is 0 Å². The third-order valence-electron chi connectivity index (χ3n) is 3.59. The van der Waals surface area contributed by atoms with Crippen LogP contribution in [-0.4, -0.2) is 50.0 Å². The zero-order valence-electron chi connectivity index (χ0n) is 15.0. The van der Waals surface area contributed by atoms with Gasteiger partial charge < -0.3 is 15.5 Å². The highest BCUT2D eigenvalue weighted by atomic mass is 16.2. The van der Waals surface area contributed by atoms with E-state index in [1.165, 1.54) is 0 Å². The summed E-state index contributed by atoms with van der Waals surface area (Å²) >= 11 is 0. The number of carbonyl (C=O) groups is 1. The smallest absolute Gasteiger partial charge is 0.253 e. The Balaban J connectivity index is 2.67. The monoisotopic (exact) mass is 318 g/mol. The van der Waals surface area contributed by atoms with E-state index in [2.05, 4.69) is 36.4 Å². The first-order chi connectivity index (χ1) is 11.0. The molecule has 1 aromatic carbocycles. The van der Waals surface area contributed by atoms with Crippen LogP contribution >= 0.6 is 0 Å². The van der Waals surface area contributed by atoms with Crippen LogP contribution in [0.4, 0.5) is 0 Å². The molecule has 2 N–H and O–H groups in total. The molecule has 1 rings (SSSR count). The molecule has 1 amide bonds. The average Bonchev–Trinajstić information content (AvgIpc) is 2.54. The molecule has 0 heterocycles. The lowest BCUT2D eigenvalue weighted by Crippen LogP contribution is -2.42. The van der Waals surface area contributed by atoms with Crippen LogP contribution in [0.3, 0.4) is 0 Å². The van der Waals surface area contributed by atoms with Crippen molar-refractivity contribution >= 4 is 11.9 Å². The second kappa shape index (κ2) is 9.87. The standard InChI is InChI=1S/C18H30N4O/c1-6-14(3)21-18(19-7-2)20-12-11-15-9-8-10-16(13-15)17(23)22(4)5/h8-10,13-14H,6-7,11-12H2,1-5H3,(H2,19,20,21). The third-order valence-corrected chi connectivity index (χ3v) is 3.59. The van der Waals surface area contributed by atoms with Gasteiger partial charge in [0, 0.05) is 38.8 Å². The van der Waals surface area contributed by atoms with E-state index in [-0.39, 0.29) is 5.91 Å². The number of hydrogen-bond donors (Lipinski definition) is 2. The normalized spacial score (nSPS) is 12.7. The number of guanidine groups is 1. The van der Waals surface area contributed by atoms with E-state index >= 15 is 0 Å². The van der Waals surface area contributed by atoms with Crippen LogP contribution in [0.2, 0.25) is 0 Å². The molecule has 0 aliphatic rings. The lowest BCUT2D eigenvalue weighted by atomic mass is 10.1. The first-order valence-electron chi connectivity index (χ1n) is 8.33. The van der Waals surface area contributed by atoms with Crippen molar-refractivity contribution < 1.29 is 4.79 Å². The van der Waals surface area contributed by atoms with Crippen LogP contribution in [0.1, 0.15) is 43.1 Å². The number of rotatable bonds is 7. The lowest BCUT2D eigenvalue weighted by Gasteiger charge is -2.16. The van der Waals surface area contributed by atoms with E-state index in [0.717, 1.165) is 36.5 Å². The zero-order valence-corrected chi connectivity index (χ0v) is 15.0. The summed E-state index contributed by atoms with van der Waals surface area (Å²) in [7, 11) is 3.53. The fourth-order valence-electron chi connectivity index (χ4n) is 2.07. The minimum absolute atomic E-state index is 0.0297. The van der Waals surface area contributed by atoms with Gasteiger partial charge in [0.15, 0.2) is 5.96 Å². The molecule has 0 saturated heterocycles. The molecule has 1 atom stereocenters. The van der Waals surface area contributed by atoms with Gasteiger partial charge in [-0.05, 0) is 44.4 Å². The van der Waals surface area contributed by atoms with Gasteiger partial charge in [-0.2, -0.15) is 0 Å². The molecular weight excluding hydrogens is 288 g/mol. The highest BCUT2D eigenvalue weighted by molar-refractivity contribution is 5.94. The Morgan fingerprint density at radius 1 is 1.30 bits per heavy atom. The number of hydrogen-bond acceptors (Lipinski definition) is 2. The Kier molecular flexibility index (Phi) is 8.16. The average molecular weight is 318 g/mol. The first kappa shape index (κ1) is 19.0.